The Balaban J connectivity index is 0.000000174. The van der Waals surface area contributed by atoms with Gasteiger partial charge in [-0.15, -0.1) is 5.10 Å². The number of carbonyl (C=O) groups is 2. The summed E-state index contributed by atoms with van der Waals surface area (Å²) in [6, 6.07) is 9.89. The minimum absolute atomic E-state index is 0.0474. The minimum atomic E-state index is -0.0474. The minimum Gasteiger partial charge on any atom is -0.494 e. The van der Waals surface area contributed by atoms with Gasteiger partial charge >= 0.3 is 0 Å². The van der Waals surface area contributed by atoms with Crippen LogP contribution in [0.5, 0.6) is 5.75 Å². The molecular formula is C30H34Cl2N8O3. The van der Waals surface area contributed by atoms with Gasteiger partial charge in [-0.2, -0.15) is 0 Å². The Bertz CT molecular complexity index is 1540. The molecule has 4 heterocycles. The molecule has 4 aliphatic rings. The highest BCUT2D eigenvalue weighted by Gasteiger charge is 2.30. The van der Waals surface area contributed by atoms with Crippen LogP contribution in [0.1, 0.15) is 74.4 Å². The number of anilines is 1. The Kier molecular flexibility index (Phi) is 9.08. The van der Waals surface area contributed by atoms with Gasteiger partial charge in [-0.1, -0.05) is 42.5 Å². The van der Waals surface area contributed by atoms with Crippen LogP contribution in [-0.4, -0.2) is 56.0 Å². The fraction of sp³-hybridized carbons (Fsp3) is 0.467. The number of hydrogen-bond donors (Lipinski definition) is 2. The summed E-state index contributed by atoms with van der Waals surface area (Å²) >= 11 is 12.0. The summed E-state index contributed by atoms with van der Waals surface area (Å²) in [5.41, 5.74) is 3.70. The third kappa shape index (κ3) is 6.94. The van der Waals surface area contributed by atoms with Crippen LogP contribution in [-0.2, 0) is 29.0 Å². The normalized spacial score (nSPS) is 17.5. The van der Waals surface area contributed by atoms with E-state index >= 15 is 0 Å². The highest BCUT2D eigenvalue weighted by Crippen LogP contribution is 2.37. The summed E-state index contributed by atoms with van der Waals surface area (Å²) in [5, 5.41) is 19.0. The second-order valence-electron chi connectivity index (χ2n) is 11.2. The van der Waals surface area contributed by atoms with Crippen molar-refractivity contribution in [2.24, 2.45) is 4.99 Å². The van der Waals surface area contributed by atoms with E-state index in [2.05, 4.69) is 35.8 Å². The molecule has 1 aromatic heterocycles. The Morgan fingerprint density at radius 3 is 2.67 bits per heavy atom. The topological polar surface area (TPSA) is 127 Å². The average Bonchev–Trinajstić information content (AvgIpc) is 3.64. The van der Waals surface area contributed by atoms with Crippen molar-refractivity contribution in [3.63, 3.8) is 0 Å². The predicted octanol–water partition coefficient (Wildman–Crippen LogP) is 5.39. The van der Waals surface area contributed by atoms with Crippen LogP contribution in [0, 0.1) is 0 Å². The molecule has 0 unspecified atom stereocenters. The molecule has 226 valence electrons. The van der Waals surface area contributed by atoms with E-state index in [1.807, 2.05) is 23.1 Å². The van der Waals surface area contributed by atoms with Crippen LogP contribution >= 0.6 is 23.2 Å². The number of tetrazole rings is 1. The van der Waals surface area contributed by atoms with Crippen molar-refractivity contribution in [3.8, 4) is 5.75 Å². The molecule has 2 amide bonds. The first-order valence-electron chi connectivity index (χ1n) is 14.9. The highest BCUT2D eigenvalue weighted by molar-refractivity contribution is 6.42. The van der Waals surface area contributed by atoms with Crippen molar-refractivity contribution in [2.75, 3.05) is 18.5 Å². The molecule has 1 aliphatic carbocycles. The number of aliphatic imine (C=N–C) groups is 1. The second-order valence-corrected chi connectivity index (χ2v) is 12.0. The molecule has 0 bridgehead atoms. The lowest BCUT2D eigenvalue weighted by atomic mass is 9.95. The van der Waals surface area contributed by atoms with Crippen molar-refractivity contribution in [3.05, 3.63) is 57.3 Å². The smallest absolute Gasteiger partial charge is 0.246 e. The van der Waals surface area contributed by atoms with Gasteiger partial charge in [0, 0.05) is 24.1 Å². The van der Waals surface area contributed by atoms with Crippen molar-refractivity contribution < 1.29 is 14.3 Å². The van der Waals surface area contributed by atoms with Crippen molar-refractivity contribution >= 4 is 52.4 Å². The maximum atomic E-state index is 11.4. The maximum absolute atomic E-state index is 11.4. The first kappa shape index (κ1) is 29.4. The fourth-order valence-corrected chi connectivity index (χ4v) is 6.27. The van der Waals surface area contributed by atoms with Gasteiger partial charge in [0.1, 0.15) is 12.3 Å². The number of nitrogens with zero attached hydrogens (tertiary/aromatic N) is 6. The number of ether oxygens (including phenoxy) is 1. The summed E-state index contributed by atoms with van der Waals surface area (Å²) in [4.78, 5) is 28.8. The number of rotatable bonds is 7. The van der Waals surface area contributed by atoms with E-state index in [4.69, 9.17) is 27.9 Å². The molecule has 2 fully saturated rings. The fourth-order valence-electron chi connectivity index (χ4n) is 5.87. The largest absolute Gasteiger partial charge is 0.494 e. The number of aromatic nitrogens is 4. The number of fused-ring (bicyclic) bond motifs is 3. The first-order valence-corrected chi connectivity index (χ1v) is 15.6. The van der Waals surface area contributed by atoms with Crippen LogP contribution in [0.25, 0.3) is 0 Å². The van der Waals surface area contributed by atoms with Crippen LogP contribution in [0.4, 0.5) is 11.4 Å². The molecule has 2 N–H and O–H groups in total. The molecule has 2 aromatic carbocycles. The quantitative estimate of drug-likeness (QED) is 0.337. The van der Waals surface area contributed by atoms with Crippen molar-refractivity contribution in [1.82, 2.24) is 30.4 Å². The number of nitrogens with one attached hydrogen (secondary N) is 2. The van der Waals surface area contributed by atoms with Gasteiger partial charge < -0.3 is 15.0 Å². The Labute approximate surface area is 260 Å². The molecule has 0 spiro atoms. The van der Waals surface area contributed by atoms with E-state index in [9.17, 15) is 9.59 Å². The van der Waals surface area contributed by atoms with E-state index in [1.54, 1.807) is 12.1 Å². The standard InChI is InChI=1S/C20H27N5O2.C10H7Cl2N3O/c26-20-12-9-15-14-17(10-11-18(15)21-20)27-13-5-4-8-19-22-23-24-25(19)16-6-2-1-3-7-16;11-6-1-2-7-5(9(6)12)3-15-4-8(16)14-10(15)13-7/h10-11,14,16H,1-9,12-13H2,(H,21,26);1-2H,3-4H2,(H,13,14,16). The van der Waals surface area contributed by atoms with Crippen LogP contribution < -0.4 is 15.4 Å². The lowest BCUT2D eigenvalue weighted by molar-refractivity contribution is -0.118. The SMILES string of the molecule is O=C1CCc2cc(OCCCCc3nnnn3C3CCCCC3)ccc2N1.O=C1CN2Cc3c(ccc(Cl)c3Cl)N=C2N1. The summed E-state index contributed by atoms with van der Waals surface area (Å²) in [5.74, 6) is 2.51. The lowest BCUT2D eigenvalue weighted by Gasteiger charge is -2.23. The van der Waals surface area contributed by atoms with E-state index in [0.717, 1.165) is 59.8 Å². The monoisotopic (exact) mass is 624 g/mol. The zero-order valence-electron chi connectivity index (χ0n) is 23.8. The van der Waals surface area contributed by atoms with Crippen LogP contribution in [0.15, 0.2) is 35.3 Å². The third-order valence-corrected chi connectivity index (χ3v) is 8.99. The second kappa shape index (κ2) is 13.3. The zero-order chi connectivity index (χ0) is 29.8. The lowest BCUT2D eigenvalue weighted by Crippen LogP contribution is -2.32. The Morgan fingerprint density at radius 2 is 1.81 bits per heavy atom. The number of amides is 2. The van der Waals surface area contributed by atoms with E-state index < -0.39 is 0 Å². The molecule has 7 rings (SSSR count). The van der Waals surface area contributed by atoms with E-state index in [0.29, 0.717) is 48.2 Å². The number of hydrogen-bond acceptors (Lipinski definition) is 8. The van der Waals surface area contributed by atoms with Crippen LogP contribution in [0.3, 0.4) is 0 Å². The molecule has 11 nitrogen and oxygen atoms in total. The van der Waals surface area contributed by atoms with Gasteiger partial charge in [-0.05, 0) is 78.4 Å². The Morgan fingerprint density at radius 1 is 0.953 bits per heavy atom. The molecule has 13 heteroatoms. The number of unbranched alkanes of at least 4 members (excludes halogenated alkanes) is 1. The average molecular weight is 626 g/mol. The molecular weight excluding hydrogens is 591 g/mol. The summed E-state index contributed by atoms with van der Waals surface area (Å²) < 4.78 is 7.95. The number of benzene rings is 2. The summed E-state index contributed by atoms with van der Waals surface area (Å²) in [6.45, 7) is 1.56. The molecule has 1 saturated carbocycles. The van der Waals surface area contributed by atoms with Gasteiger partial charge in [-0.25, -0.2) is 9.67 Å². The maximum Gasteiger partial charge on any atom is 0.246 e. The van der Waals surface area contributed by atoms with Crippen molar-refractivity contribution in [2.45, 2.75) is 76.8 Å². The molecule has 1 saturated heterocycles. The molecule has 43 heavy (non-hydrogen) atoms. The van der Waals surface area contributed by atoms with Gasteiger partial charge in [0.15, 0.2) is 5.82 Å². The summed E-state index contributed by atoms with van der Waals surface area (Å²) in [6.07, 6.45) is 10.5. The first-order chi connectivity index (χ1) is 20.9. The molecule has 0 radical (unpaired) electrons. The predicted molar refractivity (Wildman–Crippen MR) is 164 cm³/mol. The van der Waals surface area contributed by atoms with Crippen LogP contribution in [0.2, 0.25) is 10.0 Å². The van der Waals surface area contributed by atoms with Gasteiger partial charge in [0.25, 0.3) is 0 Å². The van der Waals surface area contributed by atoms with Crippen molar-refractivity contribution in [1.29, 1.82) is 0 Å². The highest BCUT2D eigenvalue weighted by atomic mass is 35.5. The van der Waals surface area contributed by atoms with E-state index in [1.165, 1.54) is 32.1 Å². The number of halogens is 2. The number of aryl methyl sites for hydroxylation is 2. The van der Waals surface area contributed by atoms with Gasteiger partial charge in [0.2, 0.25) is 17.8 Å². The molecule has 3 aromatic rings. The van der Waals surface area contributed by atoms with E-state index in [-0.39, 0.29) is 11.8 Å². The molecule has 0 atom stereocenters. The third-order valence-electron chi connectivity index (χ3n) is 8.15. The Hall–Kier alpha value is -3.70. The summed E-state index contributed by atoms with van der Waals surface area (Å²) in [7, 11) is 0. The zero-order valence-corrected chi connectivity index (χ0v) is 25.3. The van der Waals surface area contributed by atoms with Gasteiger partial charge in [-0.3, -0.25) is 14.9 Å². The number of guanidine groups is 1. The molecule has 3 aliphatic heterocycles. The number of carbonyl (C=O) groups excluding carboxylic acids is 2. The van der Waals surface area contributed by atoms with Gasteiger partial charge in [0.05, 0.1) is 34.9 Å².